The van der Waals surface area contributed by atoms with Crippen LogP contribution >= 0.6 is 11.6 Å². The molecule has 104 valence electrons. The molecule has 0 saturated heterocycles. The van der Waals surface area contributed by atoms with Crippen LogP contribution in [0.3, 0.4) is 0 Å². The topological polar surface area (TPSA) is 26.3 Å². The van der Waals surface area contributed by atoms with Crippen molar-refractivity contribution < 1.29 is 13.9 Å². The molecule has 0 spiro atoms. The molecule has 0 saturated carbocycles. The minimum absolute atomic E-state index is 0.0795. The molecule has 0 N–H and O–H groups in total. The summed E-state index contributed by atoms with van der Waals surface area (Å²) in [6.45, 7) is 4.06. The standard InChI is InChI=1S/C16H14ClFO2/c1-10-5-13(8-19)6-11(2)16(10)20-9-12-3-4-15(18)14(17)7-12/h3-8H,9H2,1-2H3. The quantitative estimate of drug-likeness (QED) is 0.776. The van der Waals surface area contributed by atoms with Gasteiger partial charge >= 0.3 is 0 Å². The first-order valence-electron chi connectivity index (χ1n) is 6.14. The Balaban J connectivity index is 2.18. The fourth-order valence-electron chi connectivity index (χ4n) is 2.06. The Morgan fingerprint density at radius 2 is 1.85 bits per heavy atom. The van der Waals surface area contributed by atoms with Crippen molar-refractivity contribution in [2.24, 2.45) is 0 Å². The molecule has 2 aromatic rings. The third-order valence-corrected chi connectivity index (χ3v) is 3.28. The lowest BCUT2D eigenvalue weighted by molar-refractivity contribution is 0.112. The van der Waals surface area contributed by atoms with Crippen LogP contribution in [0.1, 0.15) is 27.0 Å². The highest BCUT2D eigenvalue weighted by atomic mass is 35.5. The monoisotopic (exact) mass is 292 g/mol. The molecule has 0 amide bonds. The van der Waals surface area contributed by atoms with E-state index in [2.05, 4.69) is 0 Å². The number of halogens is 2. The minimum Gasteiger partial charge on any atom is -0.488 e. The first kappa shape index (κ1) is 14.5. The highest BCUT2D eigenvalue weighted by Gasteiger charge is 2.07. The van der Waals surface area contributed by atoms with E-state index in [1.165, 1.54) is 6.07 Å². The predicted octanol–water partition coefficient (Wildman–Crippen LogP) is 4.49. The molecule has 0 atom stereocenters. The van der Waals surface area contributed by atoms with Crippen LogP contribution < -0.4 is 4.74 Å². The van der Waals surface area contributed by atoms with Crippen molar-refractivity contribution in [1.29, 1.82) is 0 Å². The van der Waals surface area contributed by atoms with E-state index >= 15 is 0 Å². The average molecular weight is 293 g/mol. The lowest BCUT2D eigenvalue weighted by Crippen LogP contribution is -2.00. The summed E-state index contributed by atoms with van der Waals surface area (Å²) in [5, 5.41) is 0.0795. The Morgan fingerprint density at radius 1 is 1.20 bits per heavy atom. The number of rotatable bonds is 4. The molecule has 20 heavy (non-hydrogen) atoms. The second-order valence-corrected chi connectivity index (χ2v) is 5.05. The smallest absolute Gasteiger partial charge is 0.150 e. The Kier molecular flexibility index (Phi) is 4.40. The second-order valence-electron chi connectivity index (χ2n) is 4.64. The summed E-state index contributed by atoms with van der Waals surface area (Å²) in [7, 11) is 0. The third kappa shape index (κ3) is 3.17. The third-order valence-electron chi connectivity index (χ3n) is 2.99. The van der Waals surface area contributed by atoms with Crippen molar-refractivity contribution in [3.63, 3.8) is 0 Å². The number of hydrogen-bond donors (Lipinski definition) is 0. The molecule has 2 aromatic carbocycles. The maximum absolute atomic E-state index is 13.1. The van der Waals surface area contributed by atoms with Gasteiger partial charge in [0.2, 0.25) is 0 Å². The summed E-state index contributed by atoms with van der Waals surface area (Å²) in [5.41, 5.74) is 3.19. The van der Waals surface area contributed by atoms with Gasteiger partial charge < -0.3 is 4.74 Å². The van der Waals surface area contributed by atoms with Gasteiger partial charge in [-0.2, -0.15) is 0 Å². The fraction of sp³-hybridized carbons (Fsp3) is 0.188. The molecule has 0 aliphatic rings. The molecule has 0 radical (unpaired) electrons. The fourth-order valence-corrected chi connectivity index (χ4v) is 2.27. The van der Waals surface area contributed by atoms with Crippen LogP contribution in [0.4, 0.5) is 4.39 Å². The number of aldehydes is 1. The van der Waals surface area contributed by atoms with Gasteiger partial charge in [0, 0.05) is 5.56 Å². The van der Waals surface area contributed by atoms with E-state index in [-0.39, 0.29) is 5.02 Å². The van der Waals surface area contributed by atoms with E-state index < -0.39 is 5.82 Å². The van der Waals surface area contributed by atoms with Gasteiger partial charge in [-0.1, -0.05) is 17.7 Å². The Morgan fingerprint density at radius 3 is 2.40 bits per heavy atom. The number of benzene rings is 2. The van der Waals surface area contributed by atoms with Crippen LogP contribution in [0.2, 0.25) is 5.02 Å². The van der Waals surface area contributed by atoms with Gasteiger partial charge in [-0.25, -0.2) is 4.39 Å². The van der Waals surface area contributed by atoms with Gasteiger partial charge in [-0.3, -0.25) is 4.79 Å². The number of carbonyl (C=O) groups is 1. The first-order valence-corrected chi connectivity index (χ1v) is 6.52. The number of ether oxygens (including phenoxy) is 1. The molecule has 2 nitrogen and oxygen atoms in total. The summed E-state index contributed by atoms with van der Waals surface area (Å²) in [6.07, 6.45) is 0.809. The van der Waals surface area contributed by atoms with Gasteiger partial charge in [0.1, 0.15) is 24.5 Å². The highest BCUT2D eigenvalue weighted by Crippen LogP contribution is 2.26. The molecule has 0 aliphatic heterocycles. The zero-order valence-electron chi connectivity index (χ0n) is 11.2. The van der Waals surface area contributed by atoms with E-state index in [1.807, 2.05) is 13.8 Å². The van der Waals surface area contributed by atoms with Crippen molar-refractivity contribution in [1.82, 2.24) is 0 Å². The van der Waals surface area contributed by atoms with Gasteiger partial charge in [-0.05, 0) is 54.8 Å². The maximum atomic E-state index is 13.1. The number of aryl methyl sites for hydroxylation is 2. The van der Waals surface area contributed by atoms with Crippen LogP contribution in [-0.2, 0) is 6.61 Å². The van der Waals surface area contributed by atoms with Crippen molar-refractivity contribution in [2.75, 3.05) is 0 Å². The summed E-state index contributed by atoms with van der Waals surface area (Å²) in [6, 6.07) is 8.03. The molecule has 0 fully saturated rings. The van der Waals surface area contributed by atoms with Crippen LogP contribution in [-0.4, -0.2) is 6.29 Å². The van der Waals surface area contributed by atoms with Crippen LogP contribution in [0.25, 0.3) is 0 Å². The van der Waals surface area contributed by atoms with E-state index in [4.69, 9.17) is 16.3 Å². The molecular formula is C16H14ClFO2. The van der Waals surface area contributed by atoms with E-state index in [0.717, 1.165) is 28.7 Å². The van der Waals surface area contributed by atoms with Gasteiger partial charge in [0.15, 0.2) is 0 Å². The molecule has 2 rings (SSSR count). The van der Waals surface area contributed by atoms with E-state index in [9.17, 15) is 9.18 Å². The van der Waals surface area contributed by atoms with Crippen LogP contribution in [0, 0.1) is 19.7 Å². The molecule has 0 unspecified atom stereocenters. The number of hydrogen-bond acceptors (Lipinski definition) is 2. The van der Waals surface area contributed by atoms with Crippen molar-refractivity contribution >= 4 is 17.9 Å². The van der Waals surface area contributed by atoms with Gasteiger partial charge in [-0.15, -0.1) is 0 Å². The summed E-state index contributed by atoms with van der Waals surface area (Å²) in [5.74, 6) is 0.286. The van der Waals surface area contributed by atoms with Crippen LogP contribution in [0.5, 0.6) is 5.75 Å². The Hall–Kier alpha value is -1.87. The average Bonchev–Trinajstić information content (AvgIpc) is 2.41. The molecule has 0 heterocycles. The largest absolute Gasteiger partial charge is 0.488 e. The summed E-state index contributed by atoms with van der Waals surface area (Å²) in [4.78, 5) is 10.8. The number of carbonyl (C=O) groups excluding carboxylic acids is 1. The van der Waals surface area contributed by atoms with Crippen molar-refractivity contribution in [3.05, 3.63) is 63.4 Å². The molecule has 0 bridgehead atoms. The molecule has 0 aliphatic carbocycles. The lowest BCUT2D eigenvalue weighted by Gasteiger charge is -2.13. The zero-order chi connectivity index (χ0) is 14.7. The molecule has 4 heteroatoms. The minimum atomic E-state index is -0.446. The second kappa shape index (κ2) is 6.06. The van der Waals surface area contributed by atoms with E-state index in [0.29, 0.717) is 12.2 Å². The Bertz CT molecular complexity index is 630. The highest BCUT2D eigenvalue weighted by molar-refractivity contribution is 6.30. The lowest BCUT2D eigenvalue weighted by atomic mass is 10.1. The van der Waals surface area contributed by atoms with Crippen molar-refractivity contribution in [3.8, 4) is 5.75 Å². The zero-order valence-corrected chi connectivity index (χ0v) is 12.0. The summed E-state index contributed by atoms with van der Waals surface area (Å²) < 4.78 is 18.8. The van der Waals surface area contributed by atoms with E-state index in [1.54, 1.807) is 24.3 Å². The van der Waals surface area contributed by atoms with Gasteiger partial charge in [0.05, 0.1) is 5.02 Å². The molecule has 0 aromatic heterocycles. The maximum Gasteiger partial charge on any atom is 0.150 e. The first-order chi connectivity index (χ1) is 9.51. The Labute approximate surface area is 122 Å². The summed E-state index contributed by atoms with van der Waals surface area (Å²) >= 11 is 5.73. The van der Waals surface area contributed by atoms with Crippen molar-refractivity contribution in [2.45, 2.75) is 20.5 Å². The van der Waals surface area contributed by atoms with Gasteiger partial charge in [0.25, 0.3) is 0 Å². The predicted molar refractivity (Wildman–Crippen MR) is 77.0 cm³/mol. The van der Waals surface area contributed by atoms with Crippen LogP contribution in [0.15, 0.2) is 30.3 Å². The molecular weight excluding hydrogens is 279 g/mol. The SMILES string of the molecule is Cc1cc(C=O)cc(C)c1OCc1ccc(F)c(Cl)c1. The normalized spacial score (nSPS) is 10.4.